The van der Waals surface area contributed by atoms with Gasteiger partial charge in [-0.3, -0.25) is 14.5 Å². The molecule has 7 heteroatoms. The highest BCUT2D eigenvalue weighted by Crippen LogP contribution is 2.32. The van der Waals surface area contributed by atoms with Gasteiger partial charge < -0.3 is 10.6 Å². The number of carbonyl (C=O) groups excluding carboxylic acids is 3. The van der Waals surface area contributed by atoms with E-state index in [4.69, 9.17) is 0 Å². The van der Waals surface area contributed by atoms with Gasteiger partial charge in [0.05, 0.1) is 0 Å². The fourth-order valence-electron chi connectivity index (χ4n) is 3.33. The predicted molar refractivity (Wildman–Crippen MR) is 114 cm³/mol. The zero-order valence-electron chi connectivity index (χ0n) is 16.6. The van der Waals surface area contributed by atoms with Crippen molar-refractivity contribution >= 4 is 29.6 Å². The molecule has 0 bridgehead atoms. The standard InChI is InChI=1S/C22H25N3O3S/c1-3-22(17-7-5-4-6-8-17)20(27)25(21(28)24-22)15-19(26)23-13-14-29-18-11-9-16(2)10-12-18/h4-12H,3,13-15H2,1-2H3,(H,23,26)(H,24,28)/t22-/m0/s1. The van der Waals surface area contributed by atoms with E-state index in [-0.39, 0.29) is 18.4 Å². The molecule has 0 aliphatic carbocycles. The average molecular weight is 412 g/mol. The van der Waals surface area contributed by atoms with E-state index in [0.29, 0.717) is 18.7 Å². The summed E-state index contributed by atoms with van der Waals surface area (Å²) in [6.07, 6.45) is 0.410. The minimum Gasteiger partial charge on any atom is -0.354 e. The van der Waals surface area contributed by atoms with Crippen molar-refractivity contribution in [2.75, 3.05) is 18.8 Å². The molecule has 6 nitrogen and oxygen atoms in total. The van der Waals surface area contributed by atoms with Gasteiger partial charge >= 0.3 is 6.03 Å². The summed E-state index contributed by atoms with van der Waals surface area (Å²) in [5.74, 6) is -0.0314. The lowest BCUT2D eigenvalue weighted by Crippen LogP contribution is -2.45. The first kappa shape index (κ1) is 20.9. The van der Waals surface area contributed by atoms with E-state index in [2.05, 4.69) is 10.6 Å². The quantitative estimate of drug-likeness (QED) is 0.398. The van der Waals surface area contributed by atoms with Crippen LogP contribution in [0, 0.1) is 6.92 Å². The summed E-state index contributed by atoms with van der Waals surface area (Å²) in [4.78, 5) is 39.8. The fraction of sp³-hybridized carbons (Fsp3) is 0.318. The Morgan fingerprint density at radius 2 is 1.79 bits per heavy atom. The lowest BCUT2D eigenvalue weighted by molar-refractivity contribution is -0.135. The van der Waals surface area contributed by atoms with Crippen LogP contribution in [0.2, 0.25) is 0 Å². The summed E-state index contributed by atoms with van der Waals surface area (Å²) in [6.45, 7) is 4.06. The van der Waals surface area contributed by atoms with Crippen LogP contribution in [0.3, 0.4) is 0 Å². The second-order valence-electron chi connectivity index (χ2n) is 6.96. The number of urea groups is 1. The molecule has 2 aromatic rings. The number of amides is 4. The number of nitrogens with one attached hydrogen (secondary N) is 2. The minimum atomic E-state index is -1.11. The Morgan fingerprint density at radius 3 is 2.45 bits per heavy atom. The summed E-state index contributed by atoms with van der Waals surface area (Å²) in [7, 11) is 0. The molecule has 152 valence electrons. The molecule has 1 aliphatic heterocycles. The number of benzene rings is 2. The van der Waals surface area contributed by atoms with Crippen LogP contribution in [0.15, 0.2) is 59.5 Å². The van der Waals surface area contributed by atoms with Crippen molar-refractivity contribution in [1.29, 1.82) is 0 Å². The largest absolute Gasteiger partial charge is 0.354 e. The van der Waals surface area contributed by atoms with Gasteiger partial charge in [0.2, 0.25) is 5.91 Å². The van der Waals surface area contributed by atoms with Crippen LogP contribution < -0.4 is 10.6 Å². The van der Waals surface area contributed by atoms with Crippen molar-refractivity contribution in [2.45, 2.75) is 30.7 Å². The number of hydrogen-bond acceptors (Lipinski definition) is 4. The maximum Gasteiger partial charge on any atom is 0.325 e. The van der Waals surface area contributed by atoms with Crippen LogP contribution in [0.25, 0.3) is 0 Å². The van der Waals surface area contributed by atoms with Crippen molar-refractivity contribution in [3.8, 4) is 0 Å². The van der Waals surface area contributed by atoms with E-state index < -0.39 is 11.6 Å². The van der Waals surface area contributed by atoms with Gasteiger partial charge in [-0.1, -0.05) is 55.0 Å². The molecule has 3 rings (SSSR count). The second-order valence-corrected chi connectivity index (χ2v) is 8.13. The van der Waals surface area contributed by atoms with Crippen LogP contribution in [0.4, 0.5) is 4.79 Å². The fourth-order valence-corrected chi connectivity index (χ4v) is 4.09. The SMILES string of the molecule is CC[C@@]1(c2ccccc2)NC(=O)N(CC(=O)NCCSc2ccc(C)cc2)C1=O. The molecular formula is C22H25N3O3S. The zero-order valence-corrected chi connectivity index (χ0v) is 17.4. The van der Waals surface area contributed by atoms with Crippen LogP contribution >= 0.6 is 11.8 Å². The van der Waals surface area contributed by atoms with Crippen LogP contribution in [-0.2, 0) is 15.1 Å². The molecule has 1 heterocycles. The highest BCUT2D eigenvalue weighted by Gasteiger charge is 2.51. The van der Waals surface area contributed by atoms with Crippen molar-refractivity contribution in [2.24, 2.45) is 0 Å². The summed E-state index contributed by atoms with van der Waals surface area (Å²) < 4.78 is 0. The Labute approximate surface area is 175 Å². The van der Waals surface area contributed by atoms with Crippen molar-refractivity contribution in [3.63, 3.8) is 0 Å². The third-order valence-corrected chi connectivity index (χ3v) is 6.00. The summed E-state index contributed by atoms with van der Waals surface area (Å²) >= 11 is 1.64. The molecule has 1 aliphatic rings. The molecule has 2 N–H and O–H groups in total. The molecule has 0 spiro atoms. The minimum absolute atomic E-state index is 0.283. The summed E-state index contributed by atoms with van der Waals surface area (Å²) in [5, 5.41) is 5.57. The zero-order chi connectivity index (χ0) is 20.9. The number of hydrogen-bond donors (Lipinski definition) is 2. The van der Waals surface area contributed by atoms with E-state index >= 15 is 0 Å². The summed E-state index contributed by atoms with van der Waals surface area (Å²) in [5.41, 5.74) is 0.813. The van der Waals surface area contributed by atoms with E-state index in [0.717, 1.165) is 15.4 Å². The molecule has 0 radical (unpaired) electrons. The van der Waals surface area contributed by atoms with Crippen molar-refractivity contribution in [1.82, 2.24) is 15.5 Å². The second kappa shape index (κ2) is 9.13. The Bertz CT molecular complexity index is 886. The van der Waals surface area contributed by atoms with Crippen molar-refractivity contribution < 1.29 is 14.4 Å². The molecule has 2 aromatic carbocycles. The van der Waals surface area contributed by atoms with Gasteiger partial charge in [-0.15, -0.1) is 11.8 Å². The number of nitrogens with zero attached hydrogens (tertiary/aromatic N) is 1. The van der Waals surface area contributed by atoms with E-state index in [1.165, 1.54) is 5.56 Å². The Balaban J connectivity index is 1.54. The first-order chi connectivity index (χ1) is 14.0. The first-order valence-electron chi connectivity index (χ1n) is 9.62. The third kappa shape index (κ3) is 4.62. The monoisotopic (exact) mass is 411 g/mol. The first-order valence-corrected chi connectivity index (χ1v) is 10.6. The van der Waals surface area contributed by atoms with Crippen LogP contribution in [0.5, 0.6) is 0 Å². The molecule has 4 amide bonds. The normalized spacial score (nSPS) is 18.6. The number of aryl methyl sites for hydroxylation is 1. The van der Waals surface area contributed by atoms with Gasteiger partial charge in [-0.2, -0.15) is 0 Å². The van der Waals surface area contributed by atoms with Gasteiger partial charge in [0.15, 0.2) is 0 Å². The molecule has 1 atom stereocenters. The molecule has 29 heavy (non-hydrogen) atoms. The van der Waals surface area contributed by atoms with Crippen molar-refractivity contribution in [3.05, 3.63) is 65.7 Å². The van der Waals surface area contributed by atoms with Gasteiger partial charge in [-0.05, 0) is 31.0 Å². The molecule has 1 saturated heterocycles. The number of imide groups is 1. The topological polar surface area (TPSA) is 78.5 Å². The summed E-state index contributed by atoms with van der Waals surface area (Å²) in [6, 6.07) is 16.8. The molecule has 0 saturated carbocycles. The van der Waals surface area contributed by atoms with Gasteiger partial charge in [0, 0.05) is 17.2 Å². The third-order valence-electron chi connectivity index (χ3n) is 4.99. The van der Waals surface area contributed by atoms with Gasteiger partial charge in [0.1, 0.15) is 12.1 Å². The Hall–Kier alpha value is -2.80. The number of rotatable bonds is 8. The van der Waals surface area contributed by atoms with Gasteiger partial charge in [0.25, 0.3) is 5.91 Å². The van der Waals surface area contributed by atoms with E-state index in [9.17, 15) is 14.4 Å². The Morgan fingerprint density at radius 1 is 1.10 bits per heavy atom. The highest BCUT2D eigenvalue weighted by atomic mass is 32.2. The van der Waals surface area contributed by atoms with Crippen LogP contribution in [-0.4, -0.2) is 41.6 Å². The molecule has 1 fully saturated rings. The Kier molecular flexibility index (Phi) is 6.59. The maximum atomic E-state index is 13.0. The molecule has 0 aromatic heterocycles. The smallest absolute Gasteiger partial charge is 0.325 e. The molecule has 0 unspecified atom stereocenters. The van der Waals surface area contributed by atoms with E-state index in [1.807, 2.05) is 68.4 Å². The predicted octanol–water partition coefficient (Wildman–Crippen LogP) is 3.06. The van der Waals surface area contributed by atoms with Gasteiger partial charge in [-0.25, -0.2) is 4.79 Å². The van der Waals surface area contributed by atoms with E-state index in [1.54, 1.807) is 11.8 Å². The highest BCUT2D eigenvalue weighted by molar-refractivity contribution is 7.99. The maximum absolute atomic E-state index is 13.0. The lowest BCUT2D eigenvalue weighted by atomic mass is 9.87. The van der Waals surface area contributed by atoms with Crippen LogP contribution in [0.1, 0.15) is 24.5 Å². The average Bonchev–Trinajstić information content (AvgIpc) is 2.98. The number of carbonyl (C=O) groups is 3. The molecular weight excluding hydrogens is 386 g/mol. The lowest BCUT2D eigenvalue weighted by Gasteiger charge is -2.25. The number of thioether (sulfide) groups is 1.